The van der Waals surface area contributed by atoms with Gasteiger partial charge in [0, 0.05) is 31.2 Å². The number of hydrogen-bond acceptors (Lipinski definition) is 3. The monoisotopic (exact) mass is 280 g/mol. The van der Waals surface area contributed by atoms with E-state index in [1.54, 1.807) is 0 Å². The van der Waals surface area contributed by atoms with Crippen LogP contribution in [0, 0.1) is 5.92 Å². The van der Waals surface area contributed by atoms with Gasteiger partial charge in [-0.2, -0.15) is 0 Å². The zero-order valence-electron chi connectivity index (χ0n) is 13.1. The van der Waals surface area contributed by atoms with Crippen molar-refractivity contribution in [3.05, 3.63) is 0 Å². The first-order valence-electron chi connectivity index (χ1n) is 8.90. The molecule has 1 saturated carbocycles. The number of rotatable bonds is 3. The maximum absolute atomic E-state index is 5.78. The molecule has 116 valence electrons. The summed E-state index contributed by atoms with van der Waals surface area (Å²) in [6, 6.07) is 2.12. The van der Waals surface area contributed by atoms with Gasteiger partial charge < -0.3 is 15.4 Å². The largest absolute Gasteiger partial charge is 0.381 e. The van der Waals surface area contributed by atoms with Crippen LogP contribution in [0.15, 0.2) is 0 Å². The third-order valence-corrected chi connectivity index (χ3v) is 5.87. The lowest BCUT2D eigenvalue weighted by molar-refractivity contribution is -0.00113. The van der Waals surface area contributed by atoms with E-state index in [4.69, 9.17) is 4.74 Å². The van der Waals surface area contributed by atoms with Crippen molar-refractivity contribution in [1.82, 2.24) is 10.6 Å². The summed E-state index contributed by atoms with van der Waals surface area (Å²) in [4.78, 5) is 0. The van der Waals surface area contributed by atoms with E-state index in [2.05, 4.69) is 10.6 Å². The summed E-state index contributed by atoms with van der Waals surface area (Å²) in [5.74, 6) is 0.750. The van der Waals surface area contributed by atoms with Crippen molar-refractivity contribution in [1.29, 1.82) is 0 Å². The molecule has 0 radical (unpaired) electrons. The van der Waals surface area contributed by atoms with Crippen LogP contribution in [0.5, 0.6) is 0 Å². The van der Waals surface area contributed by atoms with Crippen molar-refractivity contribution in [2.45, 2.75) is 88.4 Å². The van der Waals surface area contributed by atoms with Crippen LogP contribution in [0.25, 0.3) is 0 Å². The lowest BCUT2D eigenvalue weighted by Gasteiger charge is -2.44. The van der Waals surface area contributed by atoms with Crippen LogP contribution in [0.2, 0.25) is 0 Å². The van der Waals surface area contributed by atoms with Gasteiger partial charge in [0.15, 0.2) is 0 Å². The predicted octanol–water partition coefficient (Wildman–Crippen LogP) is 2.84. The minimum Gasteiger partial charge on any atom is -0.381 e. The van der Waals surface area contributed by atoms with Gasteiger partial charge in [-0.05, 0) is 45.1 Å². The maximum atomic E-state index is 5.78. The molecule has 5 unspecified atom stereocenters. The summed E-state index contributed by atoms with van der Waals surface area (Å²) in [5, 5.41) is 7.76. The van der Waals surface area contributed by atoms with Gasteiger partial charge >= 0.3 is 0 Å². The molecule has 0 bridgehead atoms. The molecule has 3 heteroatoms. The van der Waals surface area contributed by atoms with Crippen LogP contribution in [0.1, 0.15) is 64.2 Å². The van der Waals surface area contributed by atoms with E-state index in [9.17, 15) is 0 Å². The van der Waals surface area contributed by atoms with E-state index in [-0.39, 0.29) is 0 Å². The normalized spacial score (nSPS) is 43.4. The van der Waals surface area contributed by atoms with Crippen molar-refractivity contribution in [2.75, 3.05) is 13.7 Å². The van der Waals surface area contributed by atoms with Crippen molar-refractivity contribution >= 4 is 0 Å². The third kappa shape index (κ3) is 3.37. The zero-order valence-corrected chi connectivity index (χ0v) is 13.1. The van der Waals surface area contributed by atoms with Gasteiger partial charge in [0.2, 0.25) is 0 Å². The Morgan fingerprint density at radius 3 is 2.30 bits per heavy atom. The highest BCUT2D eigenvalue weighted by molar-refractivity contribution is 4.95. The van der Waals surface area contributed by atoms with Crippen molar-refractivity contribution in [2.24, 2.45) is 5.92 Å². The summed E-state index contributed by atoms with van der Waals surface area (Å²) >= 11 is 0. The minimum atomic E-state index is 0.499. The Balaban J connectivity index is 1.58. The zero-order chi connectivity index (χ0) is 13.8. The Labute approximate surface area is 124 Å². The van der Waals surface area contributed by atoms with Gasteiger partial charge in [0.05, 0.1) is 6.10 Å². The van der Waals surface area contributed by atoms with Crippen LogP contribution in [-0.2, 0) is 4.74 Å². The van der Waals surface area contributed by atoms with Gasteiger partial charge in [-0.3, -0.25) is 0 Å². The number of methoxy groups -OCH3 is 1. The number of nitrogens with one attached hydrogen (secondary N) is 2. The summed E-state index contributed by atoms with van der Waals surface area (Å²) in [7, 11) is 1.91. The van der Waals surface area contributed by atoms with Crippen LogP contribution in [-0.4, -0.2) is 37.9 Å². The lowest BCUT2D eigenvalue weighted by Crippen LogP contribution is -2.58. The van der Waals surface area contributed by atoms with Gasteiger partial charge in [0.1, 0.15) is 0 Å². The Morgan fingerprint density at radius 1 is 0.750 bits per heavy atom. The molecular formula is C17H32N2O. The quantitative estimate of drug-likeness (QED) is 0.834. The fourth-order valence-corrected chi connectivity index (χ4v) is 4.76. The van der Waals surface area contributed by atoms with Gasteiger partial charge in [-0.25, -0.2) is 0 Å². The molecule has 3 fully saturated rings. The third-order valence-electron chi connectivity index (χ3n) is 5.87. The topological polar surface area (TPSA) is 33.3 Å². The number of piperidine rings is 2. The van der Waals surface area contributed by atoms with Gasteiger partial charge in [0.25, 0.3) is 0 Å². The van der Waals surface area contributed by atoms with Crippen LogP contribution in [0.3, 0.4) is 0 Å². The summed E-state index contributed by atoms with van der Waals surface area (Å²) in [6.45, 7) is 1.22. The molecule has 0 aromatic heterocycles. The van der Waals surface area contributed by atoms with Crippen LogP contribution in [0.4, 0.5) is 0 Å². The highest BCUT2D eigenvalue weighted by Crippen LogP contribution is 2.33. The fourth-order valence-electron chi connectivity index (χ4n) is 4.76. The first-order valence-corrected chi connectivity index (χ1v) is 8.90. The first kappa shape index (κ1) is 14.8. The van der Waals surface area contributed by atoms with Gasteiger partial charge in [-0.15, -0.1) is 0 Å². The molecule has 2 heterocycles. The molecular weight excluding hydrogens is 248 g/mol. The van der Waals surface area contributed by atoms with E-state index in [0.717, 1.165) is 12.0 Å². The Bertz CT molecular complexity index is 291. The molecule has 2 saturated heterocycles. The Morgan fingerprint density at radius 2 is 1.50 bits per heavy atom. The molecule has 0 aromatic rings. The smallest absolute Gasteiger partial charge is 0.0614 e. The Kier molecular flexibility index (Phi) is 5.36. The SMILES string of the molecule is COC1CCCCC1C1CCCC(C2CCCCN2)N1. The molecule has 0 aromatic carbocycles. The van der Waals surface area contributed by atoms with Gasteiger partial charge in [-0.1, -0.05) is 25.7 Å². The number of ether oxygens (including phenoxy) is 1. The summed E-state index contributed by atoms with van der Waals surface area (Å²) < 4.78 is 5.78. The molecule has 3 aliphatic rings. The fraction of sp³-hybridized carbons (Fsp3) is 1.00. The minimum absolute atomic E-state index is 0.499. The van der Waals surface area contributed by atoms with Crippen LogP contribution < -0.4 is 10.6 Å². The molecule has 3 rings (SSSR count). The maximum Gasteiger partial charge on any atom is 0.0614 e. The molecule has 2 N–H and O–H groups in total. The first-order chi connectivity index (χ1) is 9.88. The molecule has 0 amide bonds. The molecule has 3 nitrogen and oxygen atoms in total. The van der Waals surface area contributed by atoms with Crippen LogP contribution >= 0.6 is 0 Å². The van der Waals surface area contributed by atoms with E-state index in [0.29, 0.717) is 18.2 Å². The molecule has 5 atom stereocenters. The molecule has 2 aliphatic heterocycles. The van der Waals surface area contributed by atoms with E-state index in [1.807, 2.05) is 7.11 Å². The highest BCUT2D eigenvalue weighted by atomic mass is 16.5. The van der Waals surface area contributed by atoms with E-state index in [1.165, 1.54) is 70.8 Å². The second kappa shape index (κ2) is 7.24. The summed E-state index contributed by atoms with van der Waals surface area (Å²) in [6.07, 6.45) is 14.1. The highest BCUT2D eigenvalue weighted by Gasteiger charge is 2.36. The molecule has 1 aliphatic carbocycles. The second-order valence-corrected chi connectivity index (χ2v) is 7.09. The average Bonchev–Trinajstić information content (AvgIpc) is 2.56. The Hall–Kier alpha value is -0.120. The lowest BCUT2D eigenvalue weighted by atomic mass is 9.77. The second-order valence-electron chi connectivity index (χ2n) is 7.09. The van der Waals surface area contributed by atoms with E-state index >= 15 is 0 Å². The van der Waals surface area contributed by atoms with Crippen molar-refractivity contribution in [3.63, 3.8) is 0 Å². The molecule has 0 spiro atoms. The van der Waals surface area contributed by atoms with Crippen molar-refractivity contribution < 1.29 is 4.74 Å². The van der Waals surface area contributed by atoms with Crippen molar-refractivity contribution in [3.8, 4) is 0 Å². The number of hydrogen-bond donors (Lipinski definition) is 2. The standard InChI is InChI=1S/C17H32N2O/c1-20-17-11-3-2-7-13(17)14-9-6-10-16(19-14)15-8-4-5-12-18-15/h13-19H,2-12H2,1H3. The van der Waals surface area contributed by atoms with E-state index < -0.39 is 0 Å². The molecule has 20 heavy (non-hydrogen) atoms. The summed E-state index contributed by atoms with van der Waals surface area (Å²) in [5.41, 5.74) is 0. The average molecular weight is 280 g/mol. The predicted molar refractivity (Wildman–Crippen MR) is 83.0 cm³/mol.